The van der Waals surface area contributed by atoms with Crippen molar-refractivity contribution in [3.05, 3.63) is 11.4 Å². The van der Waals surface area contributed by atoms with Gasteiger partial charge in [-0.2, -0.15) is 5.10 Å². The molecule has 1 heterocycles. The number of nitrogens with two attached hydrogens (primary N) is 1. The van der Waals surface area contributed by atoms with Crippen LogP contribution < -0.4 is 11.1 Å². The third-order valence-electron chi connectivity index (χ3n) is 3.16. The van der Waals surface area contributed by atoms with Crippen LogP contribution in [-0.2, 0) is 6.42 Å². The smallest absolute Gasteiger partial charge is 0.274 e. The molecule has 5 heteroatoms. The van der Waals surface area contributed by atoms with Crippen molar-refractivity contribution in [2.75, 3.05) is 5.73 Å². The quantitative estimate of drug-likeness (QED) is 0.715. The van der Waals surface area contributed by atoms with Gasteiger partial charge in [-0.3, -0.25) is 9.89 Å². The van der Waals surface area contributed by atoms with Gasteiger partial charge < -0.3 is 11.1 Å². The molecular weight excluding hydrogens is 204 g/mol. The second-order valence-corrected chi connectivity index (χ2v) is 4.56. The third kappa shape index (κ3) is 1.89. The molecule has 1 aliphatic rings. The predicted molar refractivity (Wildman–Crippen MR) is 62.0 cm³/mol. The molecule has 1 aliphatic carbocycles. The molecule has 16 heavy (non-hydrogen) atoms. The Labute approximate surface area is 94.8 Å². The Morgan fingerprint density at radius 1 is 1.62 bits per heavy atom. The Kier molecular flexibility index (Phi) is 2.85. The van der Waals surface area contributed by atoms with E-state index in [4.69, 9.17) is 5.73 Å². The van der Waals surface area contributed by atoms with Crippen LogP contribution in [0.3, 0.4) is 0 Å². The Morgan fingerprint density at radius 3 is 2.81 bits per heavy atom. The molecular formula is C11H18N4O. The number of H-pyrrole nitrogens is 1. The number of aryl methyl sites for hydroxylation is 1. The van der Waals surface area contributed by atoms with Crippen LogP contribution in [0.15, 0.2) is 0 Å². The molecule has 4 N–H and O–H groups in total. The van der Waals surface area contributed by atoms with Crippen LogP contribution in [0.4, 0.5) is 5.69 Å². The van der Waals surface area contributed by atoms with Crippen molar-refractivity contribution < 1.29 is 4.79 Å². The van der Waals surface area contributed by atoms with Crippen LogP contribution >= 0.6 is 0 Å². The van der Waals surface area contributed by atoms with Gasteiger partial charge in [-0.25, -0.2) is 0 Å². The average molecular weight is 222 g/mol. The van der Waals surface area contributed by atoms with Crippen LogP contribution in [0.1, 0.15) is 42.9 Å². The maximum absolute atomic E-state index is 11.8. The second kappa shape index (κ2) is 4.15. The van der Waals surface area contributed by atoms with Gasteiger partial charge in [0.15, 0.2) is 5.69 Å². The molecule has 1 saturated carbocycles. The predicted octanol–water partition coefficient (Wildman–Crippen LogP) is 1.08. The summed E-state index contributed by atoms with van der Waals surface area (Å²) >= 11 is 0. The fourth-order valence-electron chi connectivity index (χ4n) is 2.10. The first kappa shape index (κ1) is 11.0. The zero-order chi connectivity index (χ0) is 11.7. The molecule has 0 aromatic carbocycles. The molecule has 0 radical (unpaired) electrons. The second-order valence-electron chi connectivity index (χ2n) is 4.56. The maximum atomic E-state index is 11.8. The highest BCUT2D eigenvalue weighted by molar-refractivity contribution is 5.97. The van der Waals surface area contributed by atoms with Gasteiger partial charge in [0, 0.05) is 6.04 Å². The number of nitrogens with zero attached hydrogens (tertiary/aromatic N) is 1. The summed E-state index contributed by atoms with van der Waals surface area (Å²) in [5, 5.41) is 9.68. The van der Waals surface area contributed by atoms with Crippen LogP contribution in [0.25, 0.3) is 0 Å². The minimum atomic E-state index is -0.162. The number of aromatic amines is 1. The lowest BCUT2D eigenvalue weighted by Crippen LogP contribution is -2.43. The minimum absolute atomic E-state index is 0.162. The molecule has 1 fully saturated rings. The molecule has 0 unspecified atom stereocenters. The normalized spacial score (nSPS) is 23.9. The van der Waals surface area contributed by atoms with Crippen LogP contribution in [0.5, 0.6) is 0 Å². The lowest BCUT2D eigenvalue weighted by atomic mass is 9.82. The molecule has 0 spiro atoms. The van der Waals surface area contributed by atoms with E-state index in [9.17, 15) is 4.79 Å². The van der Waals surface area contributed by atoms with Gasteiger partial charge in [0.05, 0.1) is 11.4 Å². The zero-order valence-corrected chi connectivity index (χ0v) is 9.71. The van der Waals surface area contributed by atoms with Crippen molar-refractivity contribution in [2.45, 2.75) is 39.2 Å². The van der Waals surface area contributed by atoms with E-state index < -0.39 is 0 Å². The summed E-state index contributed by atoms with van der Waals surface area (Å²) in [5.41, 5.74) is 7.46. The van der Waals surface area contributed by atoms with Gasteiger partial charge in [-0.1, -0.05) is 13.8 Å². The van der Waals surface area contributed by atoms with E-state index in [0.29, 0.717) is 23.3 Å². The molecule has 5 nitrogen and oxygen atoms in total. The van der Waals surface area contributed by atoms with Crippen molar-refractivity contribution in [3.8, 4) is 0 Å². The highest BCUT2D eigenvalue weighted by Gasteiger charge is 2.28. The Balaban J connectivity index is 2.00. The van der Waals surface area contributed by atoms with Crippen LogP contribution in [0.2, 0.25) is 0 Å². The van der Waals surface area contributed by atoms with E-state index in [1.54, 1.807) is 0 Å². The monoisotopic (exact) mass is 222 g/mol. The molecule has 1 aromatic rings. The number of hydrogen-bond acceptors (Lipinski definition) is 3. The van der Waals surface area contributed by atoms with Crippen LogP contribution in [-0.4, -0.2) is 22.1 Å². The number of carbonyl (C=O) groups is 1. The number of hydrogen-bond donors (Lipinski definition) is 3. The summed E-state index contributed by atoms with van der Waals surface area (Å²) in [6.07, 6.45) is 2.86. The van der Waals surface area contributed by atoms with E-state index in [0.717, 1.165) is 25.0 Å². The number of rotatable bonds is 3. The topological polar surface area (TPSA) is 83.8 Å². The van der Waals surface area contributed by atoms with Crippen molar-refractivity contribution in [2.24, 2.45) is 5.92 Å². The lowest BCUT2D eigenvalue weighted by molar-refractivity contribution is 0.0892. The number of nitrogen functional groups attached to an aromatic ring is 1. The summed E-state index contributed by atoms with van der Waals surface area (Å²) in [7, 11) is 0. The van der Waals surface area contributed by atoms with Gasteiger partial charge in [0.25, 0.3) is 5.91 Å². The van der Waals surface area contributed by atoms with Gasteiger partial charge >= 0.3 is 0 Å². The van der Waals surface area contributed by atoms with Gasteiger partial charge in [-0.05, 0) is 25.2 Å². The van der Waals surface area contributed by atoms with Crippen molar-refractivity contribution in [1.82, 2.24) is 15.5 Å². The maximum Gasteiger partial charge on any atom is 0.274 e. The standard InChI is InChI=1S/C11H18N4O/c1-3-8-9(12)10(15-14-8)11(16)13-7-4-6(2)5-7/h6-7H,3-5,12H2,1-2H3,(H,13,16)(H,14,15). The first-order chi connectivity index (χ1) is 7.61. The van der Waals surface area contributed by atoms with E-state index >= 15 is 0 Å². The van der Waals surface area contributed by atoms with E-state index in [1.165, 1.54) is 0 Å². The molecule has 1 amide bonds. The molecule has 88 valence electrons. The number of amides is 1. The molecule has 0 aliphatic heterocycles. The summed E-state index contributed by atoms with van der Waals surface area (Å²) in [6.45, 7) is 4.15. The number of nitrogens with one attached hydrogen (secondary N) is 2. The summed E-state index contributed by atoms with van der Waals surface area (Å²) < 4.78 is 0. The van der Waals surface area contributed by atoms with E-state index in [-0.39, 0.29) is 5.91 Å². The summed E-state index contributed by atoms with van der Waals surface area (Å²) in [5.74, 6) is 0.554. The average Bonchev–Trinajstić information content (AvgIpc) is 2.57. The Bertz CT molecular complexity index is 393. The molecule has 0 saturated heterocycles. The SMILES string of the molecule is CCc1[nH]nc(C(=O)NC2CC(C)C2)c1N. The summed E-state index contributed by atoms with van der Waals surface area (Å²) in [6, 6.07) is 0.295. The summed E-state index contributed by atoms with van der Waals surface area (Å²) in [4.78, 5) is 11.8. The lowest BCUT2D eigenvalue weighted by Gasteiger charge is -2.32. The number of carbonyl (C=O) groups excluding carboxylic acids is 1. The van der Waals surface area contributed by atoms with Crippen molar-refractivity contribution in [1.29, 1.82) is 0 Å². The fourth-order valence-corrected chi connectivity index (χ4v) is 2.10. The van der Waals surface area contributed by atoms with Crippen LogP contribution in [0, 0.1) is 5.92 Å². The highest BCUT2D eigenvalue weighted by Crippen LogP contribution is 2.26. The molecule has 1 aromatic heterocycles. The first-order valence-electron chi connectivity index (χ1n) is 5.75. The van der Waals surface area contributed by atoms with Crippen molar-refractivity contribution >= 4 is 11.6 Å². The van der Waals surface area contributed by atoms with Gasteiger partial charge in [-0.15, -0.1) is 0 Å². The first-order valence-corrected chi connectivity index (χ1v) is 5.75. The largest absolute Gasteiger partial charge is 0.395 e. The van der Waals surface area contributed by atoms with E-state index in [2.05, 4.69) is 22.4 Å². The van der Waals surface area contributed by atoms with E-state index in [1.807, 2.05) is 6.92 Å². The molecule has 2 rings (SSSR count). The van der Waals surface area contributed by atoms with Gasteiger partial charge in [0.1, 0.15) is 0 Å². The third-order valence-corrected chi connectivity index (χ3v) is 3.16. The molecule has 0 bridgehead atoms. The fraction of sp³-hybridized carbons (Fsp3) is 0.636. The Morgan fingerprint density at radius 2 is 2.31 bits per heavy atom. The van der Waals surface area contributed by atoms with Crippen molar-refractivity contribution in [3.63, 3.8) is 0 Å². The number of anilines is 1. The number of aromatic nitrogens is 2. The van der Waals surface area contributed by atoms with Gasteiger partial charge in [0.2, 0.25) is 0 Å². The highest BCUT2D eigenvalue weighted by atomic mass is 16.2. The Hall–Kier alpha value is -1.52. The zero-order valence-electron chi connectivity index (χ0n) is 9.71. The molecule has 0 atom stereocenters. The minimum Gasteiger partial charge on any atom is -0.395 e.